The molecule has 0 bridgehead atoms. The number of hydrogen-bond acceptors (Lipinski definition) is 5. The van der Waals surface area contributed by atoms with Crippen molar-refractivity contribution < 1.29 is 14.3 Å². The Hall–Kier alpha value is -2.70. The van der Waals surface area contributed by atoms with Gasteiger partial charge in [0.1, 0.15) is 0 Å². The van der Waals surface area contributed by atoms with Gasteiger partial charge in [0.15, 0.2) is 0 Å². The third-order valence-corrected chi connectivity index (χ3v) is 4.03. The van der Waals surface area contributed by atoms with Gasteiger partial charge in [0.25, 0.3) is 5.56 Å². The van der Waals surface area contributed by atoms with Crippen LogP contribution in [0.3, 0.4) is 0 Å². The van der Waals surface area contributed by atoms with Crippen LogP contribution in [-0.4, -0.2) is 46.5 Å². The highest BCUT2D eigenvalue weighted by Gasteiger charge is 2.19. The number of likely N-dealkylation sites (tertiary alicyclic amines) is 1. The molecule has 1 fully saturated rings. The van der Waals surface area contributed by atoms with E-state index in [1.807, 2.05) is 0 Å². The number of esters is 1. The average Bonchev–Trinajstić information content (AvgIpc) is 2.98. The Labute approximate surface area is 132 Å². The molecule has 3 rings (SSSR count). The molecule has 7 heteroatoms. The Bertz CT molecular complexity index is 828. The quantitative estimate of drug-likeness (QED) is 0.780. The van der Waals surface area contributed by atoms with Gasteiger partial charge in [-0.2, -0.15) is 0 Å². The number of nitrogens with zero attached hydrogens (tertiary/aromatic N) is 3. The number of aromatic nitrogens is 2. The summed E-state index contributed by atoms with van der Waals surface area (Å²) in [6.45, 7) is 1.61. The van der Waals surface area contributed by atoms with Crippen molar-refractivity contribution in [2.24, 2.45) is 0 Å². The Morgan fingerprint density at radius 2 is 2.13 bits per heavy atom. The maximum absolute atomic E-state index is 12.5. The van der Waals surface area contributed by atoms with Crippen molar-refractivity contribution in [2.75, 3.05) is 20.2 Å². The van der Waals surface area contributed by atoms with Gasteiger partial charge in [0.05, 0.1) is 29.9 Å². The van der Waals surface area contributed by atoms with E-state index in [4.69, 9.17) is 0 Å². The monoisotopic (exact) mass is 315 g/mol. The van der Waals surface area contributed by atoms with Gasteiger partial charge in [-0.3, -0.25) is 14.2 Å². The zero-order valence-corrected chi connectivity index (χ0v) is 12.8. The fourth-order valence-electron chi connectivity index (χ4n) is 2.73. The molecule has 1 aromatic heterocycles. The van der Waals surface area contributed by atoms with Crippen LogP contribution in [0.1, 0.15) is 23.2 Å². The molecule has 0 spiro atoms. The fourth-order valence-corrected chi connectivity index (χ4v) is 2.73. The topological polar surface area (TPSA) is 81.5 Å². The minimum absolute atomic E-state index is 0.125. The van der Waals surface area contributed by atoms with Gasteiger partial charge < -0.3 is 9.64 Å². The van der Waals surface area contributed by atoms with E-state index in [9.17, 15) is 14.4 Å². The molecule has 1 aliphatic rings. The normalized spacial score (nSPS) is 14.5. The molecule has 23 heavy (non-hydrogen) atoms. The van der Waals surface area contributed by atoms with E-state index in [-0.39, 0.29) is 11.5 Å². The van der Waals surface area contributed by atoms with E-state index >= 15 is 0 Å². The second-order valence-corrected chi connectivity index (χ2v) is 5.45. The number of carbonyl (C=O) groups is 2. The molecule has 0 aliphatic carbocycles. The molecule has 1 aromatic carbocycles. The van der Waals surface area contributed by atoms with Crippen LogP contribution >= 0.6 is 0 Å². The first-order chi connectivity index (χ1) is 11.1. The number of benzene rings is 1. The molecule has 1 amide bonds. The molecule has 2 aromatic rings. The van der Waals surface area contributed by atoms with Crippen LogP contribution in [0.5, 0.6) is 0 Å². The first-order valence-corrected chi connectivity index (χ1v) is 7.45. The number of fused-ring (bicyclic) bond motifs is 1. The molecule has 0 saturated carbocycles. The van der Waals surface area contributed by atoms with Gasteiger partial charge in [-0.05, 0) is 24.6 Å². The predicted octanol–water partition coefficient (Wildman–Crippen LogP) is 0.805. The first-order valence-electron chi connectivity index (χ1n) is 7.45. The van der Waals surface area contributed by atoms with Gasteiger partial charge in [0.2, 0.25) is 5.91 Å². The SMILES string of the molecule is COC(=O)c1ccc2ncn(CCN3CCCC3=O)c(=O)c2c1. The van der Waals surface area contributed by atoms with Crippen LogP contribution in [0.2, 0.25) is 0 Å². The minimum Gasteiger partial charge on any atom is -0.465 e. The smallest absolute Gasteiger partial charge is 0.337 e. The number of methoxy groups -OCH3 is 1. The first kappa shape index (κ1) is 15.2. The average molecular weight is 315 g/mol. The molecule has 2 heterocycles. The molecule has 1 aliphatic heterocycles. The van der Waals surface area contributed by atoms with Crippen LogP contribution in [0.25, 0.3) is 10.9 Å². The zero-order valence-electron chi connectivity index (χ0n) is 12.8. The molecule has 0 atom stereocenters. The molecule has 1 saturated heterocycles. The van der Waals surface area contributed by atoms with Crippen molar-refractivity contribution in [3.8, 4) is 0 Å². The Kier molecular flexibility index (Phi) is 4.10. The van der Waals surface area contributed by atoms with Crippen molar-refractivity contribution in [1.82, 2.24) is 14.5 Å². The highest BCUT2D eigenvalue weighted by Crippen LogP contribution is 2.12. The molecular formula is C16H17N3O4. The summed E-state index contributed by atoms with van der Waals surface area (Å²) >= 11 is 0. The fraction of sp³-hybridized carbons (Fsp3) is 0.375. The summed E-state index contributed by atoms with van der Waals surface area (Å²) in [4.78, 5) is 41.7. The molecule has 120 valence electrons. The van der Waals surface area contributed by atoms with Crippen LogP contribution in [-0.2, 0) is 16.1 Å². The lowest BCUT2D eigenvalue weighted by Gasteiger charge is -2.16. The summed E-state index contributed by atoms with van der Waals surface area (Å²) in [5.74, 6) is -0.371. The van der Waals surface area contributed by atoms with Crippen molar-refractivity contribution in [3.63, 3.8) is 0 Å². The van der Waals surface area contributed by atoms with E-state index in [2.05, 4.69) is 9.72 Å². The van der Waals surface area contributed by atoms with E-state index < -0.39 is 5.97 Å². The molecule has 0 unspecified atom stereocenters. The maximum Gasteiger partial charge on any atom is 0.337 e. The van der Waals surface area contributed by atoms with Crippen molar-refractivity contribution in [3.05, 3.63) is 40.4 Å². The zero-order chi connectivity index (χ0) is 16.4. The summed E-state index contributed by atoms with van der Waals surface area (Å²) in [7, 11) is 1.29. The van der Waals surface area contributed by atoms with Gasteiger partial charge in [0, 0.05) is 26.1 Å². The molecular weight excluding hydrogens is 298 g/mol. The van der Waals surface area contributed by atoms with Gasteiger partial charge in [-0.25, -0.2) is 9.78 Å². The summed E-state index contributed by atoms with van der Waals surface area (Å²) in [6.07, 6.45) is 2.92. The summed E-state index contributed by atoms with van der Waals surface area (Å²) < 4.78 is 6.14. The second-order valence-electron chi connectivity index (χ2n) is 5.45. The van der Waals surface area contributed by atoms with Gasteiger partial charge in [-0.1, -0.05) is 0 Å². The highest BCUT2D eigenvalue weighted by molar-refractivity contribution is 5.94. The molecule has 0 radical (unpaired) electrons. The lowest BCUT2D eigenvalue weighted by atomic mass is 10.1. The maximum atomic E-state index is 12.5. The lowest BCUT2D eigenvalue weighted by molar-refractivity contribution is -0.127. The number of carbonyl (C=O) groups excluding carboxylic acids is 2. The van der Waals surface area contributed by atoms with Crippen molar-refractivity contribution in [2.45, 2.75) is 19.4 Å². The number of amides is 1. The van der Waals surface area contributed by atoms with E-state index in [0.29, 0.717) is 36.0 Å². The Morgan fingerprint density at radius 3 is 2.83 bits per heavy atom. The molecule has 7 nitrogen and oxygen atoms in total. The minimum atomic E-state index is -0.496. The largest absolute Gasteiger partial charge is 0.465 e. The number of ether oxygens (including phenoxy) is 1. The van der Waals surface area contributed by atoms with Gasteiger partial charge >= 0.3 is 5.97 Å². The van der Waals surface area contributed by atoms with Gasteiger partial charge in [-0.15, -0.1) is 0 Å². The standard InChI is InChI=1S/C16H17N3O4/c1-23-16(22)11-4-5-13-12(9-11)15(21)19(10-17-13)8-7-18-6-2-3-14(18)20/h4-5,9-10H,2-3,6-8H2,1H3. The third-order valence-electron chi connectivity index (χ3n) is 4.03. The summed E-state index contributed by atoms with van der Waals surface area (Å²) in [6, 6.07) is 4.69. The number of rotatable bonds is 4. The van der Waals surface area contributed by atoms with Crippen molar-refractivity contribution in [1.29, 1.82) is 0 Å². The second kappa shape index (κ2) is 6.20. The van der Waals surface area contributed by atoms with E-state index in [0.717, 1.165) is 13.0 Å². The van der Waals surface area contributed by atoms with Crippen molar-refractivity contribution >= 4 is 22.8 Å². The highest BCUT2D eigenvalue weighted by atomic mass is 16.5. The van der Waals surface area contributed by atoms with Crippen LogP contribution in [0.4, 0.5) is 0 Å². The lowest BCUT2D eigenvalue weighted by Crippen LogP contribution is -2.32. The Balaban J connectivity index is 1.89. The van der Waals surface area contributed by atoms with Crippen LogP contribution < -0.4 is 5.56 Å². The van der Waals surface area contributed by atoms with E-state index in [1.165, 1.54) is 24.1 Å². The number of hydrogen-bond donors (Lipinski definition) is 0. The third kappa shape index (κ3) is 2.94. The van der Waals surface area contributed by atoms with Crippen LogP contribution in [0.15, 0.2) is 29.3 Å². The summed E-state index contributed by atoms with van der Waals surface area (Å²) in [5.41, 5.74) is 0.606. The van der Waals surface area contributed by atoms with Crippen LogP contribution in [0, 0.1) is 0 Å². The summed E-state index contributed by atoms with van der Waals surface area (Å²) in [5, 5.41) is 0.364. The predicted molar refractivity (Wildman–Crippen MR) is 83.2 cm³/mol. The molecule has 0 N–H and O–H groups in total. The Morgan fingerprint density at radius 1 is 1.30 bits per heavy atom. The van der Waals surface area contributed by atoms with E-state index in [1.54, 1.807) is 17.0 Å².